The number of aromatic nitrogens is 1. The highest BCUT2D eigenvalue weighted by Gasteiger charge is 2.27. The predicted octanol–water partition coefficient (Wildman–Crippen LogP) is 7.19. The summed E-state index contributed by atoms with van der Waals surface area (Å²) < 4.78 is 16.5. The average Bonchev–Trinajstić information content (AvgIpc) is 3.44. The van der Waals surface area contributed by atoms with Crippen molar-refractivity contribution in [3.63, 3.8) is 0 Å². The largest absolute Gasteiger partial charge is 0.495 e. The number of ether oxygens (including phenoxy) is 1. The first-order valence-corrected chi connectivity index (χ1v) is 11.6. The normalized spacial score (nSPS) is 11.0. The third kappa shape index (κ3) is 4.23. The maximum absolute atomic E-state index is 13.5. The fourth-order valence-corrected chi connectivity index (χ4v) is 4.26. The van der Waals surface area contributed by atoms with Crippen LogP contribution in [0.25, 0.3) is 22.3 Å². The molecule has 5 rings (SSSR count). The summed E-state index contributed by atoms with van der Waals surface area (Å²) in [6.45, 7) is 1.66. The summed E-state index contributed by atoms with van der Waals surface area (Å²) >= 11 is 12.2. The van der Waals surface area contributed by atoms with Crippen LogP contribution in [-0.4, -0.2) is 24.0 Å². The molecule has 9 heteroatoms. The van der Waals surface area contributed by atoms with Crippen molar-refractivity contribution in [1.29, 1.82) is 0 Å². The molecular weight excluding hydrogens is 503 g/mol. The van der Waals surface area contributed by atoms with Crippen molar-refractivity contribution in [1.82, 2.24) is 5.16 Å². The minimum absolute atomic E-state index is 0.0343. The molecule has 0 atom stereocenters. The van der Waals surface area contributed by atoms with Gasteiger partial charge in [-0.15, -0.1) is 0 Å². The molecule has 2 heterocycles. The van der Waals surface area contributed by atoms with Gasteiger partial charge in [0.25, 0.3) is 5.91 Å². The highest BCUT2D eigenvalue weighted by Crippen LogP contribution is 2.35. The third-order valence-corrected chi connectivity index (χ3v) is 6.20. The van der Waals surface area contributed by atoms with E-state index in [4.69, 9.17) is 36.9 Å². The number of nitrogens with one attached hydrogen (secondary N) is 1. The Morgan fingerprint density at radius 3 is 2.47 bits per heavy atom. The molecule has 0 unspecified atom stereocenters. The lowest BCUT2D eigenvalue weighted by molar-refractivity contribution is 0.101. The fourth-order valence-electron chi connectivity index (χ4n) is 3.88. The number of benzene rings is 3. The van der Waals surface area contributed by atoms with Gasteiger partial charge in [-0.05, 0) is 61.5 Å². The molecule has 7 nitrogen and oxygen atoms in total. The summed E-state index contributed by atoms with van der Waals surface area (Å²) in [5.74, 6) is -0.278. The molecule has 0 saturated heterocycles. The van der Waals surface area contributed by atoms with E-state index in [-0.39, 0.29) is 33.4 Å². The van der Waals surface area contributed by atoms with E-state index in [1.165, 1.54) is 13.2 Å². The number of carbonyl (C=O) groups is 2. The molecule has 0 aliphatic rings. The van der Waals surface area contributed by atoms with Crippen molar-refractivity contribution >= 4 is 51.5 Å². The third-order valence-electron chi connectivity index (χ3n) is 5.65. The number of carbonyl (C=O) groups excluding carboxylic acids is 2. The van der Waals surface area contributed by atoms with E-state index in [9.17, 15) is 9.59 Å². The second kappa shape index (κ2) is 9.53. The number of hydrogen-bond acceptors (Lipinski definition) is 6. The summed E-state index contributed by atoms with van der Waals surface area (Å²) in [5, 5.41) is 8.21. The number of aryl methyl sites for hydroxylation is 1. The summed E-state index contributed by atoms with van der Waals surface area (Å²) in [6.07, 6.45) is 0. The fraction of sp³-hybridized carbons (Fsp3) is 0.0741. The van der Waals surface area contributed by atoms with Crippen LogP contribution in [0.15, 0.2) is 75.7 Å². The van der Waals surface area contributed by atoms with Crippen LogP contribution < -0.4 is 10.1 Å². The van der Waals surface area contributed by atoms with Gasteiger partial charge in [0.05, 0.1) is 23.5 Å². The molecule has 0 spiro atoms. The molecule has 0 radical (unpaired) electrons. The van der Waals surface area contributed by atoms with Gasteiger partial charge in [0.2, 0.25) is 5.78 Å². The zero-order valence-electron chi connectivity index (χ0n) is 19.1. The maximum atomic E-state index is 13.5. The first-order chi connectivity index (χ1) is 17.4. The zero-order chi connectivity index (χ0) is 25.4. The first-order valence-electron chi connectivity index (χ1n) is 10.8. The van der Waals surface area contributed by atoms with Crippen molar-refractivity contribution in [3.8, 4) is 17.1 Å². The van der Waals surface area contributed by atoms with Gasteiger partial charge < -0.3 is 19.0 Å². The van der Waals surface area contributed by atoms with Crippen LogP contribution in [0.3, 0.4) is 0 Å². The van der Waals surface area contributed by atoms with Crippen molar-refractivity contribution in [2.24, 2.45) is 0 Å². The van der Waals surface area contributed by atoms with Gasteiger partial charge in [-0.1, -0.05) is 40.5 Å². The standard InChI is InChI=1S/C27H18Cl2N2O5/c1-14-22(25(36-31-14)15-7-10-17(28)11-8-15)27(33)30-23-18-5-3-4-6-20(18)35-26(23)24(32)16-9-12-21(34-2)19(29)13-16/h3-13H,1-2H3,(H,30,33). The van der Waals surface area contributed by atoms with Gasteiger partial charge in [0.1, 0.15) is 16.9 Å². The number of halogens is 2. The molecule has 0 aliphatic carbocycles. The van der Waals surface area contributed by atoms with E-state index >= 15 is 0 Å². The number of rotatable bonds is 6. The Labute approximate surface area is 215 Å². The van der Waals surface area contributed by atoms with E-state index < -0.39 is 11.7 Å². The highest BCUT2D eigenvalue weighted by atomic mass is 35.5. The number of amides is 1. The van der Waals surface area contributed by atoms with Crippen molar-refractivity contribution < 1.29 is 23.3 Å². The van der Waals surface area contributed by atoms with Gasteiger partial charge in [-0.2, -0.15) is 0 Å². The van der Waals surface area contributed by atoms with Gasteiger partial charge in [0.15, 0.2) is 11.5 Å². The number of ketones is 1. The number of furan rings is 1. The van der Waals surface area contributed by atoms with E-state index in [1.807, 2.05) is 0 Å². The quantitative estimate of drug-likeness (QED) is 0.238. The molecule has 0 bridgehead atoms. The summed E-state index contributed by atoms with van der Waals surface area (Å²) in [7, 11) is 1.49. The van der Waals surface area contributed by atoms with Gasteiger partial charge in [-0.25, -0.2) is 0 Å². The molecule has 0 saturated carbocycles. The molecule has 3 aromatic carbocycles. The number of fused-ring (bicyclic) bond motifs is 1. The second-order valence-corrected chi connectivity index (χ2v) is 8.76. The Hall–Kier alpha value is -4.07. The lowest BCUT2D eigenvalue weighted by Gasteiger charge is -2.08. The molecule has 5 aromatic rings. The topological polar surface area (TPSA) is 94.6 Å². The van der Waals surface area contributed by atoms with E-state index in [0.29, 0.717) is 33.0 Å². The minimum atomic E-state index is -0.507. The average molecular weight is 521 g/mol. The smallest absolute Gasteiger partial charge is 0.261 e. The molecule has 180 valence electrons. The summed E-state index contributed by atoms with van der Waals surface area (Å²) in [6, 6.07) is 18.5. The van der Waals surface area contributed by atoms with E-state index in [1.54, 1.807) is 67.6 Å². The Kier molecular flexibility index (Phi) is 6.26. The molecule has 1 N–H and O–H groups in total. The Morgan fingerprint density at radius 1 is 1.00 bits per heavy atom. The lowest BCUT2D eigenvalue weighted by Crippen LogP contribution is -2.15. The SMILES string of the molecule is COc1ccc(C(=O)c2oc3ccccc3c2NC(=O)c2c(C)noc2-c2ccc(Cl)cc2)cc1Cl. The minimum Gasteiger partial charge on any atom is -0.495 e. The van der Waals surface area contributed by atoms with Gasteiger partial charge >= 0.3 is 0 Å². The number of anilines is 1. The molecule has 2 aromatic heterocycles. The number of para-hydroxylation sites is 1. The molecule has 36 heavy (non-hydrogen) atoms. The molecule has 0 aliphatic heterocycles. The first kappa shape index (κ1) is 23.7. The van der Waals surface area contributed by atoms with Crippen LogP contribution >= 0.6 is 23.2 Å². The Bertz CT molecular complexity index is 1620. The van der Waals surface area contributed by atoms with Crippen molar-refractivity contribution in [2.45, 2.75) is 6.92 Å². The molecular formula is C27H18Cl2N2O5. The maximum Gasteiger partial charge on any atom is 0.261 e. The monoisotopic (exact) mass is 520 g/mol. The number of hydrogen-bond donors (Lipinski definition) is 1. The van der Waals surface area contributed by atoms with Crippen LogP contribution in [0.5, 0.6) is 5.75 Å². The van der Waals surface area contributed by atoms with Gasteiger partial charge in [-0.3, -0.25) is 9.59 Å². The van der Waals surface area contributed by atoms with Crippen molar-refractivity contribution in [2.75, 3.05) is 12.4 Å². The van der Waals surface area contributed by atoms with E-state index in [2.05, 4.69) is 10.5 Å². The van der Waals surface area contributed by atoms with Crippen LogP contribution in [0.1, 0.15) is 32.2 Å². The molecule has 1 amide bonds. The highest BCUT2D eigenvalue weighted by molar-refractivity contribution is 6.32. The number of nitrogens with zero attached hydrogens (tertiary/aromatic N) is 1. The zero-order valence-corrected chi connectivity index (χ0v) is 20.6. The molecule has 0 fully saturated rings. The van der Waals surface area contributed by atoms with Gasteiger partial charge in [0, 0.05) is 21.5 Å². The Morgan fingerprint density at radius 2 is 1.75 bits per heavy atom. The lowest BCUT2D eigenvalue weighted by atomic mass is 10.0. The van der Waals surface area contributed by atoms with Crippen LogP contribution in [0.4, 0.5) is 5.69 Å². The summed E-state index contributed by atoms with van der Waals surface area (Å²) in [4.78, 5) is 27.0. The van der Waals surface area contributed by atoms with Crippen LogP contribution in [0.2, 0.25) is 10.0 Å². The second-order valence-electron chi connectivity index (χ2n) is 7.91. The van der Waals surface area contributed by atoms with Crippen molar-refractivity contribution in [3.05, 3.63) is 99.4 Å². The predicted molar refractivity (Wildman–Crippen MR) is 137 cm³/mol. The van der Waals surface area contributed by atoms with E-state index in [0.717, 1.165) is 0 Å². The van der Waals surface area contributed by atoms with Crippen LogP contribution in [-0.2, 0) is 0 Å². The summed E-state index contributed by atoms with van der Waals surface area (Å²) in [5.41, 5.74) is 2.20. The Balaban J connectivity index is 1.57. The van der Waals surface area contributed by atoms with Crippen LogP contribution in [0, 0.1) is 6.92 Å². The number of methoxy groups -OCH3 is 1.